The van der Waals surface area contributed by atoms with Crippen LogP contribution in [0.25, 0.3) is 0 Å². The number of methoxy groups -OCH3 is 1. The Morgan fingerprint density at radius 2 is 2.12 bits per heavy atom. The largest absolute Gasteiger partial charge is 0.493 e. The van der Waals surface area contributed by atoms with Crippen molar-refractivity contribution in [3.8, 4) is 11.5 Å². The van der Waals surface area contributed by atoms with Crippen LogP contribution < -0.4 is 14.8 Å². The zero-order valence-corrected chi connectivity index (χ0v) is 15.4. The molecule has 134 valence electrons. The minimum Gasteiger partial charge on any atom is -0.493 e. The molecule has 0 spiro atoms. The van der Waals surface area contributed by atoms with Gasteiger partial charge < -0.3 is 23.9 Å². The van der Waals surface area contributed by atoms with Crippen LogP contribution >= 0.6 is 15.9 Å². The molecule has 1 aromatic heterocycles. The van der Waals surface area contributed by atoms with Gasteiger partial charge >= 0.3 is 5.97 Å². The smallest absolute Gasteiger partial charge is 0.338 e. The Hall–Kier alpha value is -2.48. The van der Waals surface area contributed by atoms with Gasteiger partial charge in [-0.25, -0.2) is 4.79 Å². The fraction of sp³-hybridized carbons (Fsp3) is 0.294. The lowest BCUT2D eigenvalue weighted by Gasteiger charge is -2.13. The average molecular weight is 412 g/mol. The van der Waals surface area contributed by atoms with Crippen LogP contribution in [0.4, 0.5) is 0 Å². The molecule has 0 aliphatic heterocycles. The fourth-order valence-electron chi connectivity index (χ4n) is 1.99. The summed E-state index contributed by atoms with van der Waals surface area (Å²) < 4.78 is 21.4. The van der Waals surface area contributed by atoms with E-state index in [4.69, 9.17) is 18.6 Å². The van der Waals surface area contributed by atoms with E-state index in [2.05, 4.69) is 21.2 Å². The summed E-state index contributed by atoms with van der Waals surface area (Å²) in [6.07, 6.45) is 1.51. The summed E-state index contributed by atoms with van der Waals surface area (Å²) in [5, 5.41) is 2.59. The van der Waals surface area contributed by atoms with Crippen molar-refractivity contribution in [3.63, 3.8) is 0 Å². The average Bonchev–Trinajstić information content (AvgIpc) is 3.13. The Morgan fingerprint density at radius 1 is 1.32 bits per heavy atom. The van der Waals surface area contributed by atoms with E-state index in [1.807, 2.05) is 6.92 Å². The van der Waals surface area contributed by atoms with E-state index < -0.39 is 18.5 Å². The molecule has 2 aromatic rings. The molecule has 0 bridgehead atoms. The third-order valence-electron chi connectivity index (χ3n) is 3.13. The summed E-state index contributed by atoms with van der Waals surface area (Å²) in [6, 6.07) is 6.50. The van der Waals surface area contributed by atoms with Crippen LogP contribution in [0.2, 0.25) is 0 Å². The highest BCUT2D eigenvalue weighted by atomic mass is 79.9. The van der Waals surface area contributed by atoms with Crippen molar-refractivity contribution >= 4 is 27.8 Å². The number of carbonyl (C=O) groups excluding carboxylic acids is 2. The summed E-state index contributed by atoms with van der Waals surface area (Å²) in [6.45, 7) is 2.13. The van der Waals surface area contributed by atoms with Crippen LogP contribution in [0.5, 0.6) is 11.5 Å². The number of rotatable bonds is 8. The van der Waals surface area contributed by atoms with Gasteiger partial charge in [0.25, 0.3) is 5.91 Å². The molecule has 7 nitrogen and oxygen atoms in total. The van der Waals surface area contributed by atoms with Crippen LogP contribution in [0.15, 0.2) is 39.4 Å². The second-order valence-corrected chi connectivity index (χ2v) is 5.71. The molecule has 8 heteroatoms. The number of hydrogen-bond acceptors (Lipinski definition) is 6. The molecule has 0 aliphatic rings. The number of ether oxygens (including phenoxy) is 3. The summed E-state index contributed by atoms with van der Waals surface area (Å²) in [5.74, 6) is 0.431. The van der Waals surface area contributed by atoms with Gasteiger partial charge in [0, 0.05) is 0 Å². The minimum atomic E-state index is -0.643. The first-order valence-electron chi connectivity index (χ1n) is 7.51. The van der Waals surface area contributed by atoms with E-state index in [9.17, 15) is 9.59 Å². The fourth-order valence-corrected chi connectivity index (χ4v) is 2.54. The lowest BCUT2D eigenvalue weighted by Crippen LogP contribution is -2.28. The highest BCUT2D eigenvalue weighted by Crippen LogP contribution is 2.36. The summed E-state index contributed by atoms with van der Waals surface area (Å²) >= 11 is 3.33. The van der Waals surface area contributed by atoms with Crippen molar-refractivity contribution in [1.82, 2.24) is 5.32 Å². The van der Waals surface area contributed by atoms with Crippen molar-refractivity contribution < 1.29 is 28.2 Å². The van der Waals surface area contributed by atoms with Gasteiger partial charge in [-0.15, -0.1) is 0 Å². The zero-order chi connectivity index (χ0) is 18.2. The molecule has 0 atom stereocenters. The molecule has 0 radical (unpaired) electrons. The molecule has 0 saturated carbocycles. The molecule has 1 amide bonds. The van der Waals surface area contributed by atoms with Gasteiger partial charge in [0.05, 0.1) is 36.6 Å². The molecule has 2 rings (SSSR count). The van der Waals surface area contributed by atoms with Crippen molar-refractivity contribution in [2.24, 2.45) is 0 Å². The van der Waals surface area contributed by atoms with E-state index in [-0.39, 0.29) is 12.1 Å². The maximum Gasteiger partial charge on any atom is 0.338 e. The van der Waals surface area contributed by atoms with Crippen LogP contribution in [0.1, 0.15) is 23.0 Å². The molecule has 0 unspecified atom stereocenters. The monoisotopic (exact) mass is 411 g/mol. The van der Waals surface area contributed by atoms with Gasteiger partial charge in [0.2, 0.25) is 0 Å². The Labute approximate surface area is 153 Å². The van der Waals surface area contributed by atoms with E-state index in [1.165, 1.54) is 19.4 Å². The van der Waals surface area contributed by atoms with Crippen molar-refractivity contribution in [2.45, 2.75) is 13.5 Å². The zero-order valence-electron chi connectivity index (χ0n) is 13.8. The number of halogens is 1. The van der Waals surface area contributed by atoms with E-state index >= 15 is 0 Å². The van der Waals surface area contributed by atoms with E-state index in [0.29, 0.717) is 28.3 Å². The lowest BCUT2D eigenvalue weighted by atomic mass is 10.2. The number of benzene rings is 1. The van der Waals surface area contributed by atoms with Gasteiger partial charge in [-0.1, -0.05) is 0 Å². The molecule has 0 aliphatic carbocycles. The normalized spacial score (nSPS) is 10.2. The van der Waals surface area contributed by atoms with Gasteiger partial charge in [-0.05, 0) is 47.1 Å². The Morgan fingerprint density at radius 3 is 2.76 bits per heavy atom. The van der Waals surface area contributed by atoms with Gasteiger partial charge in [0.1, 0.15) is 5.76 Å². The third kappa shape index (κ3) is 5.25. The van der Waals surface area contributed by atoms with E-state index in [0.717, 1.165) is 0 Å². The third-order valence-corrected chi connectivity index (χ3v) is 3.72. The van der Waals surface area contributed by atoms with E-state index in [1.54, 1.807) is 18.2 Å². The highest BCUT2D eigenvalue weighted by Gasteiger charge is 2.17. The maximum atomic E-state index is 12.1. The first-order chi connectivity index (χ1) is 12.0. The van der Waals surface area contributed by atoms with Crippen LogP contribution in [-0.4, -0.2) is 32.2 Å². The topological polar surface area (TPSA) is 87.0 Å². The number of furan rings is 1. The molecule has 1 aromatic carbocycles. The quantitative estimate of drug-likeness (QED) is 0.671. The summed E-state index contributed by atoms with van der Waals surface area (Å²) in [5.41, 5.74) is 0.242. The number of amides is 1. The van der Waals surface area contributed by atoms with Crippen molar-refractivity contribution in [1.29, 1.82) is 0 Å². The molecular weight excluding hydrogens is 394 g/mol. The molecule has 1 heterocycles. The standard InChI is InChI=1S/C17H18BrNO6/c1-3-23-16-13(18)7-11(8-14(16)22-2)17(21)25-10-15(20)19-9-12-5-4-6-24-12/h4-8H,3,9-10H2,1-2H3,(H,19,20). The number of esters is 1. The van der Waals surface area contributed by atoms with Gasteiger partial charge in [-0.3, -0.25) is 4.79 Å². The molecular formula is C17H18BrNO6. The predicted octanol–water partition coefficient (Wildman–Crippen LogP) is 2.92. The van der Waals surface area contributed by atoms with Gasteiger partial charge in [-0.2, -0.15) is 0 Å². The second-order valence-electron chi connectivity index (χ2n) is 4.85. The molecule has 0 saturated heterocycles. The van der Waals surface area contributed by atoms with Crippen molar-refractivity contribution in [2.75, 3.05) is 20.3 Å². The maximum absolute atomic E-state index is 12.1. The Kier molecular flexibility index (Phi) is 6.88. The minimum absolute atomic E-state index is 0.228. The first kappa shape index (κ1) is 18.9. The predicted molar refractivity (Wildman–Crippen MR) is 92.7 cm³/mol. The highest BCUT2D eigenvalue weighted by molar-refractivity contribution is 9.10. The molecule has 0 fully saturated rings. The van der Waals surface area contributed by atoms with Crippen molar-refractivity contribution in [3.05, 3.63) is 46.3 Å². The summed E-state index contributed by atoms with van der Waals surface area (Å²) in [7, 11) is 1.47. The second kappa shape index (κ2) is 9.12. The Bertz CT molecular complexity index is 729. The van der Waals surface area contributed by atoms with Crippen LogP contribution in [-0.2, 0) is 16.1 Å². The first-order valence-corrected chi connectivity index (χ1v) is 8.31. The van der Waals surface area contributed by atoms with Crippen LogP contribution in [0.3, 0.4) is 0 Å². The number of carbonyl (C=O) groups is 2. The summed E-state index contributed by atoms with van der Waals surface area (Å²) in [4.78, 5) is 23.9. The van der Waals surface area contributed by atoms with Crippen LogP contribution in [0, 0.1) is 0 Å². The molecule has 1 N–H and O–H groups in total. The SMILES string of the molecule is CCOc1c(Br)cc(C(=O)OCC(=O)NCc2ccco2)cc1OC. The Balaban J connectivity index is 1.93. The van der Waals surface area contributed by atoms with Gasteiger partial charge in [0.15, 0.2) is 18.1 Å². The lowest BCUT2D eigenvalue weighted by molar-refractivity contribution is -0.124. The number of hydrogen-bond donors (Lipinski definition) is 1. The number of nitrogens with one attached hydrogen (secondary N) is 1. The molecule has 25 heavy (non-hydrogen) atoms.